The van der Waals surface area contributed by atoms with Crippen LogP contribution in [0, 0.1) is 12.7 Å². The van der Waals surface area contributed by atoms with E-state index in [1.165, 1.54) is 11.6 Å². The number of rotatable bonds is 5. The van der Waals surface area contributed by atoms with Gasteiger partial charge in [0.05, 0.1) is 7.11 Å². The number of nitrogens with two attached hydrogens (primary N) is 1. The predicted octanol–water partition coefficient (Wildman–Crippen LogP) is 3.43. The molecule has 2 rings (SSSR count). The lowest BCUT2D eigenvalue weighted by Crippen LogP contribution is -2.16. The van der Waals surface area contributed by atoms with Crippen molar-refractivity contribution in [3.63, 3.8) is 0 Å². The lowest BCUT2D eigenvalue weighted by molar-refractivity contribution is 0.414. The molecule has 2 N–H and O–H groups in total. The third kappa shape index (κ3) is 3.36. The summed E-state index contributed by atoms with van der Waals surface area (Å²) in [6, 6.07) is 12.7. The Bertz CT molecular complexity index is 583. The van der Waals surface area contributed by atoms with E-state index < -0.39 is 0 Å². The van der Waals surface area contributed by atoms with Gasteiger partial charge in [0.2, 0.25) is 0 Å². The van der Waals surface area contributed by atoms with E-state index in [1.807, 2.05) is 31.2 Å². The Labute approximate surface area is 119 Å². The predicted molar refractivity (Wildman–Crippen MR) is 79.6 cm³/mol. The van der Waals surface area contributed by atoms with Crippen molar-refractivity contribution in [2.75, 3.05) is 13.7 Å². The van der Waals surface area contributed by atoms with Gasteiger partial charge in [-0.15, -0.1) is 0 Å². The van der Waals surface area contributed by atoms with Crippen molar-refractivity contribution in [1.29, 1.82) is 0 Å². The smallest absolute Gasteiger partial charge is 0.123 e. The highest BCUT2D eigenvalue weighted by atomic mass is 19.1. The number of benzene rings is 2. The lowest BCUT2D eigenvalue weighted by Gasteiger charge is -2.18. The second-order valence-corrected chi connectivity index (χ2v) is 4.99. The Kier molecular flexibility index (Phi) is 4.74. The average Bonchev–Trinajstić information content (AvgIpc) is 2.45. The molecule has 0 radical (unpaired) electrons. The van der Waals surface area contributed by atoms with Crippen LogP contribution < -0.4 is 10.5 Å². The maximum atomic E-state index is 13.3. The standard InChI is InChI=1S/C17H20FNO/c1-12-8-16(20-2)6-7-17(12)14(11-19)9-13-4-3-5-15(18)10-13/h3-8,10,14H,9,11,19H2,1-2H3. The van der Waals surface area contributed by atoms with Crippen molar-refractivity contribution in [2.45, 2.75) is 19.3 Å². The van der Waals surface area contributed by atoms with Crippen LogP contribution in [0.1, 0.15) is 22.6 Å². The van der Waals surface area contributed by atoms with E-state index in [0.717, 1.165) is 23.3 Å². The van der Waals surface area contributed by atoms with Crippen molar-refractivity contribution in [2.24, 2.45) is 5.73 Å². The summed E-state index contributed by atoms with van der Waals surface area (Å²) in [5, 5.41) is 0. The first-order valence-corrected chi connectivity index (χ1v) is 6.73. The average molecular weight is 273 g/mol. The molecule has 2 aromatic rings. The van der Waals surface area contributed by atoms with Gasteiger partial charge in [0.25, 0.3) is 0 Å². The Morgan fingerprint density at radius 1 is 1.20 bits per heavy atom. The van der Waals surface area contributed by atoms with Crippen LogP contribution >= 0.6 is 0 Å². The molecule has 0 aliphatic rings. The molecule has 20 heavy (non-hydrogen) atoms. The molecular weight excluding hydrogens is 253 g/mol. The molecule has 0 spiro atoms. The molecule has 0 heterocycles. The molecule has 106 valence electrons. The molecule has 3 heteroatoms. The van der Waals surface area contributed by atoms with Crippen LogP contribution in [0.25, 0.3) is 0 Å². The van der Waals surface area contributed by atoms with Crippen LogP contribution in [0.4, 0.5) is 4.39 Å². The first-order chi connectivity index (χ1) is 9.63. The van der Waals surface area contributed by atoms with Crippen LogP contribution in [0.3, 0.4) is 0 Å². The fourth-order valence-electron chi connectivity index (χ4n) is 2.50. The zero-order chi connectivity index (χ0) is 14.5. The minimum Gasteiger partial charge on any atom is -0.497 e. The van der Waals surface area contributed by atoms with Crippen LogP contribution in [0.2, 0.25) is 0 Å². The number of halogens is 1. The van der Waals surface area contributed by atoms with E-state index in [4.69, 9.17) is 10.5 Å². The molecular formula is C17H20FNO. The Balaban J connectivity index is 2.24. The van der Waals surface area contributed by atoms with Crippen molar-refractivity contribution >= 4 is 0 Å². The second-order valence-electron chi connectivity index (χ2n) is 4.99. The Morgan fingerprint density at radius 2 is 2.00 bits per heavy atom. The minimum atomic E-state index is -0.204. The number of ether oxygens (including phenoxy) is 1. The van der Waals surface area contributed by atoms with Crippen LogP contribution in [0.5, 0.6) is 5.75 Å². The van der Waals surface area contributed by atoms with Gasteiger partial charge in [-0.25, -0.2) is 4.39 Å². The molecule has 2 aromatic carbocycles. The minimum absolute atomic E-state index is 0.183. The van der Waals surface area contributed by atoms with E-state index >= 15 is 0 Å². The number of hydrogen-bond acceptors (Lipinski definition) is 2. The second kappa shape index (κ2) is 6.53. The van der Waals surface area contributed by atoms with Crippen molar-refractivity contribution < 1.29 is 9.13 Å². The molecule has 2 nitrogen and oxygen atoms in total. The summed E-state index contributed by atoms with van der Waals surface area (Å²) in [6.07, 6.45) is 0.738. The van der Waals surface area contributed by atoms with Gasteiger partial charge in [-0.1, -0.05) is 18.2 Å². The number of hydrogen-bond donors (Lipinski definition) is 1. The summed E-state index contributed by atoms with van der Waals surface area (Å²) in [5.74, 6) is 0.820. The molecule has 0 aliphatic heterocycles. The fraction of sp³-hybridized carbons (Fsp3) is 0.294. The third-order valence-electron chi connectivity index (χ3n) is 3.57. The van der Waals surface area contributed by atoms with E-state index in [2.05, 4.69) is 0 Å². The van der Waals surface area contributed by atoms with Crippen LogP contribution in [0.15, 0.2) is 42.5 Å². The molecule has 0 aliphatic carbocycles. The summed E-state index contributed by atoms with van der Waals surface area (Å²) < 4.78 is 18.5. The molecule has 0 saturated heterocycles. The summed E-state index contributed by atoms with van der Waals surface area (Å²) in [6.45, 7) is 2.58. The highest BCUT2D eigenvalue weighted by Crippen LogP contribution is 2.26. The van der Waals surface area contributed by atoms with Crippen molar-refractivity contribution in [3.05, 3.63) is 65.0 Å². The van der Waals surface area contributed by atoms with Crippen LogP contribution in [-0.4, -0.2) is 13.7 Å². The van der Waals surface area contributed by atoms with Gasteiger partial charge in [-0.3, -0.25) is 0 Å². The zero-order valence-corrected chi connectivity index (χ0v) is 11.9. The van der Waals surface area contributed by atoms with Gasteiger partial charge in [-0.05, 0) is 60.8 Å². The van der Waals surface area contributed by atoms with Gasteiger partial charge in [0.15, 0.2) is 0 Å². The summed E-state index contributed by atoms with van der Waals surface area (Å²) in [4.78, 5) is 0. The molecule has 1 atom stereocenters. The van der Waals surface area contributed by atoms with Gasteiger partial charge in [0.1, 0.15) is 11.6 Å². The first kappa shape index (κ1) is 14.5. The molecule has 0 fully saturated rings. The Morgan fingerprint density at radius 3 is 2.60 bits per heavy atom. The monoisotopic (exact) mass is 273 g/mol. The first-order valence-electron chi connectivity index (χ1n) is 6.73. The largest absolute Gasteiger partial charge is 0.497 e. The highest BCUT2D eigenvalue weighted by molar-refractivity contribution is 5.38. The van der Waals surface area contributed by atoms with E-state index in [0.29, 0.717) is 6.54 Å². The zero-order valence-electron chi connectivity index (χ0n) is 11.9. The van der Waals surface area contributed by atoms with Crippen LogP contribution in [-0.2, 0) is 6.42 Å². The van der Waals surface area contributed by atoms with Crippen molar-refractivity contribution in [3.8, 4) is 5.75 Å². The summed E-state index contributed by atoms with van der Waals surface area (Å²) in [7, 11) is 1.65. The van der Waals surface area contributed by atoms with Gasteiger partial charge < -0.3 is 10.5 Å². The van der Waals surface area contributed by atoms with Crippen molar-refractivity contribution in [1.82, 2.24) is 0 Å². The van der Waals surface area contributed by atoms with Gasteiger partial charge >= 0.3 is 0 Å². The van der Waals surface area contributed by atoms with Gasteiger partial charge in [0, 0.05) is 5.92 Å². The molecule has 0 bridgehead atoms. The summed E-state index contributed by atoms with van der Waals surface area (Å²) >= 11 is 0. The third-order valence-corrected chi connectivity index (χ3v) is 3.57. The molecule has 0 saturated carbocycles. The van der Waals surface area contributed by atoms with E-state index in [9.17, 15) is 4.39 Å². The maximum absolute atomic E-state index is 13.3. The summed E-state index contributed by atoms with van der Waals surface area (Å²) in [5.41, 5.74) is 9.21. The van der Waals surface area contributed by atoms with E-state index in [-0.39, 0.29) is 11.7 Å². The molecule has 1 unspecified atom stereocenters. The Hall–Kier alpha value is -1.87. The SMILES string of the molecule is COc1ccc(C(CN)Cc2cccc(F)c2)c(C)c1. The maximum Gasteiger partial charge on any atom is 0.123 e. The topological polar surface area (TPSA) is 35.2 Å². The van der Waals surface area contributed by atoms with E-state index in [1.54, 1.807) is 19.2 Å². The normalized spacial score (nSPS) is 12.2. The number of methoxy groups -OCH3 is 1. The highest BCUT2D eigenvalue weighted by Gasteiger charge is 2.14. The fourth-order valence-corrected chi connectivity index (χ4v) is 2.50. The molecule has 0 aromatic heterocycles. The molecule has 0 amide bonds. The van der Waals surface area contributed by atoms with Gasteiger partial charge in [-0.2, -0.15) is 0 Å². The quantitative estimate of drug-likeness (QED) is 0.906. The lowest BCUT2D eigenvalue weighted by atomic mass is 9.89. The number of aryl methyl sites for hydroxylation is 1.